The van der Waals surface area contributed by atoms with Gasteiger partial charge in [-0.25, -0.2) is 0 Å². The van der Waals surface area contributed by atoms with Gasteiger partial charge in [0.2, 0.25) is 5.69 Å². The van der Waals surface area contributed by atoms with Gasteiger partial charge in [-0.1, -0.05) is 99.6 Å². The molecule has 0 atom stereocenters. The lowest BCUT2D eigenvalue weighted by Crippen LogP contribution is -2.32. The Labute approximate surface area is 229 Å². The second-order valence-corrected chi connectivity index (χ2v) is 11.8. The van der Waals surface area contributed by atoms with Crippen molar-refractivity contribution in [2.45, 2.75) is 33.1 Å². The summed E-state index contributed by atoms with van der Waals surface area (Å²) < 4.78 is 4.77. The summed E-state index contributed by atoms with van der Waals surface area (Å²) in [5.74, 6) is 0. The Balaban J connectivity index is 1.60. The van der Waals surface area contributed by atoms with Crippen LogP contribution in [0.4, 0.5) is 0 Å². The molecule has 0 N–H and O–H groups in total. The van der Waals surface area contributed by atoms with E-state index in [0.717, 1.165) is 0 Å². The molecule has 2 aromatic heterocycles. The molecular formula is C37H33N2+. The number of aromatic nitrogens is 2. The largest absolute Gasteiger partial charge is 0.303 e. The SMILES string of the molecule is Cc1c(-c2c3ccccc3c(-n3c4ccccc4c4ccccc43)c[n+]2C)cc(C(C)(C)C)c2ccccc12. The lowest BCUT2D eigenvalue weighted by Gasteiger charge is -2.24. The summed E-state index contributed by atoms with van der Waals surface area (Å²) in [6, 6.07) is 37.7. The van der Waals surface area contributed by atoms with Crippen molar-refractivity contribution >= 4 is 43.4 Å². The molecule has 5 aromatic carbocycles. The zero-order chi connectivity index (χ0) is 26.9. The maximum absolute atomic E-state index is 2.44. The first kappa shape index (κ1) is 23.7. The summed E-state index contributed by atoms with van der Waals surface area (Å²) >= 11 is 0. The zero-order valence-corrected chi connectivity index (χ0v) is 23.3. The topological polar surface area (TPSA) is 8.81 Å². The molecule has 0 spiro atoms. The van der Waals surface area contributed by atoms with Gasteiger partial charge in [0.25, 0.3) is 0 Å². The van der Waals surface area contributed by atoms with Crippen LogP contribution in [0.25, 0.3) is 60.3 Å². The third-order valence-corrected chi connectivity index (χ3v) is 8.32. The van der Waals surface area contributed by atoms with Gasteiger partial charge in [0.15, 0.2) is 6.20 Å². The third kappa shape index (κ3) is 3.51. The number of fused-ring (bicyclic) bond motifs is 5. The van der Waals surface area contributed by atoms with Crippen LogP contribution in [-0.2, 0) is 12.5 Å². The fourth-order valence-corrected chi connectivity index (χ4v) is 6.50. The molecule has 2 heterocycles. The van der Waals surface area contributed by atoms with Crippen LogP contribution in [0.15, 0.2) is 109 Å². The minimum atomic E-state index is 0.0271. The fourth-order valence-electron chi connectivity index (χ4n) is 6.50. The third-order valence-electron chi connectivity index (χ3n) is 8.32. The van der Waals surface area contributed by atoms with Gasteiger partial charge in [0.1, 0.15) is 12.7 Å². The number of para-hydroxylation sites is 2. The Kier molecular flexibility index (Phi) is 5.18. The van der Waals surface area contributed by atoms with Crippen LogP contribution in [0.1, 0.15) is 31.9 Å². The number of hydrogen-bond donors (Lipinski definition) is 0. The van der Waals surface area contributed by atoms with E-state index in [9.17, 15) is 0 Å². The number of pyridine rings is 1. The van der Waals surface area contributed by atoms with Gasteiger partial charge >= 0.3 is 0 Å². The first-order valence-corrected chi connectivity index (χ1v) is 13.8. The van der Waals surface area contributed by atoms with E-state index in [4.69, 9.17) is 0 Å². The van der Waals surface area contributed by atoms with E-state index in [0.29, 0.717) is 0 Å². The molecule has 0 saturated heterocycles. The maximum Gasteiger partial charge on any atom is 0.220 e. The van der Waals surface area contributed by atoms with Crippen molar-refractivity contribution in [1.82, 2.24) is 4.57 Å². The predicted octanol–water partition coefficient (Wildman–Crippen LogP) is 9.19. The number of aryl methyl sites for hydroxylation is 2. The molecule has 39 heavy (non-hydrogen) atoms. The number of benzene rings is 5. The summed E-state index contributed by atoms with van der Waals surface area (Å²) in [5.41, 5.74) is 8.94. The summed E-state index contributed by atoms with van der Waals surface area (Å²) in [7, 11) is 2.20. The average Bonchev–Trinajstić information content (AvgIpc) is 3.27. The van der Waals surface area contributed by atoms with E-state index < -0.39 is 0 Å². The Morgan fingerprint density at radius 3 is 1.67 bits per heavy atom. The smallest absolute Gasteiger partial charge is 0.220 e. The van der Waals surface area contributed by atoms with Crippen LogP contribution < -0.4 is 4.57 Å². The van der Waals surface area contributed by atoms with Gasteiger partial charge in [0, 0.05) is 16.2 Å². The van der Waals surface area contributed by atoms with Crippen LogP contribution in [0, 0.1) is 6.92 Å². The van der Waals surface area contributed by atoms with Crippen molar-refractivity contribution in [3.63, 3.8) is 0 Å². The predicted molar refractivity (Wildman–Crippen MR) is 166 cm³/mol. The quantitative estimate of drug-likeness (QED) is 0.207. The average molecular weight is 506 g/mol. The molecule has 2 nitrogen and oxygen atoms in total. The van der Waals surface area contributed by atoms with Crippen LogP contribution in [0.5, 0.6) is 0 Å². The monoisotopic (exact) mass is 505 g/mol. The normalized spacial score (nSPS) is 12.2. The summed E-state index contributed by atoms with van der Waals surface area (Å²) in [4.78, 5) is 0. The van der Waals surface area contributed by atoms with E-state index in [1.54, 1.807) is 0 Å². The first-order chi connectivity index (χ1) is 18.8. The lowest BCUT2D eigenvalue weighted by atomic mass is 9.80. The molecule has 0 aliphatic heterocycles. The van der Waals surface area contributed by atoms with Gasteiger partial charge < -0.3 is 4.57 Å². The van der Waals surface area contributed by atoms with Crippen molar-refractivity contribution in [1.29, 1.82) is 0 Å². The van der Waals surface area contributed by atoms with E-state index in [2.05, 4.69) is 153 Å². The molecule has 7 rings (SSSR count). The highest BCUT2D eigenvalue weighted by Gasteiger charge is 2.26. The Morgan fingerprint density at radius 1 is 0.590 bits per heavy atom. The molecule has 0 bridgehead atoms. The molecule has 7 aromatic rings. The van der Waals surface area contributed by atoms with Crippen molar-refractivity contribution in [3.05, 3.63) is 120 Å². The van der Waals surface area contributed by atoms with Crippen molar-refractivity contribution in [2.24, 2.45) is 7.05 Å². The van der Waals surface area contributed by atoms with Gasteiger partial charge in [-0.2, -0.15) is 4.57 Å². The highest BCUT2D eigenvalue weighted by Crippen LogP contribution is 2.40. The second kappa shape index (κ2) is 8.54. The molecule has 190 valence electrons. The Morgan fingerprint density at radius 2 is 1.08 bits per heavy atom. The van der Waals surface area contributed by atoms with E-state index in [1.165, 1.54) is 71.4 Å². The van der Waals surface area contributed by atoms with Crippen LogP contribution in [0.2, 0.25) is 0 Å². The minimum absolute atomic E-state index is 0.0271. The highest BCUT2D eigenvalue weighted by molar-refractivity contribution is 6.11. The van der Waals surface area contributed by atoms with Crippen molar-refractivity contribution in [2.75, 3.05) is 0 Å². The standard InChI is InChI=1S/C37H33N2/c1-24-25-14-6-7-15-26(25)32(37(2,3)4)22-31(24)36-30-19-9-8-18-29(30)35(23-38(36)5)39-33-20-12-10-16-27(33)28-17-11-13-21-34(28)39/h6-23H,1-5H3/q+1. The Hall–Kier alpha value is -4.43. The molecule has 0 amide bonds. The van der Waals surface area contributed by atoms with E-state index >= 15 is 0 Å². The number of hydrogen-bond acceptors (Lipinski definition) is 0. The molecule has 0 radical (unpaired) electrons. The number of rotatable bonds is 2. The first-order valence-electron chi connectivity index (χ1n) is 13.8. The minimum Gasteiger partial charge on any atom is -0.303 e. The highest BCUT2D eigenvalue weighted by atomic mass is 15.0. The molecule has 0 aliphatic carbocycles. The zero-order valence-electron chi connectivity index (χ0n) is 23.3. The summed E-state index contributed by atoms with van der Waals surface area (Å²) in [6.07, 6.45) is 2.32. The maximum atomic E-state index is 2.44. The van der Waals surface area contributed by atoms with Gasteiger partial charge in [-0.05, 0) is 58.5 Å². The Bertz CT molecular complexity index is 2020. The van der Waals surface area contributed by atoms with Gasteiger partial charge in [0.05, 0.1) is 22.0 Å². The van der Waals surface area contributed by atoms with Crippen LogP contribution >= 0.6 is 0 Å². The van der Waals surface area contributed by atoms with E-state index in [-0.39, 0.29) is 5.41 Å². The van der Waals surface area contributed by atoms with Gasteiger partial charge in [-0.3, -0.25) is 0 Å². The van der Waals surface area contributed by atoms with Crippen LogP contribution in [-0.4, -0.2) is 4.57 Å². The number of nitrogens with zero attached hydrogens (tertiary/aromatic N) is 2. The second-order valence-electron chi connectivity index (χ2n) is 11.8. The lowest BCUT2D eigenvalue weighted by molar-refractivity contribution is -0.658. The molecule has 0 fully saturated rings. The van der Waals surface area contributed by atoms with Crippen molar-refractivity contribution < 1.29 is 4.57 Å². The molecule has 2 heteroatoms. The van der Waals surface area contributed by atoms with Crippen LogP contribution in [0.3, 0.4) is 0 Å². The molecular weight excluding hydrogens is 472 g/mol. The van der Waals surface area contributed by atoms with Gasteiger partial charge in [-0.15, -0.1) is 0 Å². The molecule has 0 aliphatic rings. The summed E-state index contributed by atoms with van der Waals surface area (Å²) in [6.45, 7) is 9.23. The molecule has 0 unspecified atom stereocenters. The summed E-state index contributed by atoms with van der Waals surface area (Å²) in [5, 5.41) is 7.75. The fraction of sp³-hybridized carbons (Fsp3) is 0.162. The van der Waals surface area contributed by atoms with Crippen molar-refractivity contribution in [3.8, 4) is 16.9 Å². The molecule has 0 saturated carbocycles. The van der Waals surface area contributed by atoms with E-state index in [1.807, 2.05) is 0 Å².